The van der Waals surface area contributed by atoms with Gasteiger partial charge in [0.1, 0.15) is 0 Å². The van der Waals surface area contributed by atoms with Crippen LogP contribution in [0.3, 0.4) is 0 Å². The molecule has 0 aromatic rings. The van der Waals surface area contributed by atoms with E-state index in [0.717, 1.165) is 0 Å². The molecule has 0 aliphatic rings. The van der Waals surface area contributed by atoms with Crippen molar-refractivity contribution in [2.75, 3.05) is 0 Å². The van der Waals surface area contributed by atoms with Gasteiger partial charge in [0.15, 0.2) is 0 Å². The molecule has 0 rings (SSSR count). The van der Waals surface area contributed by atoms with Crippen molar-refractivity contribution < 1.29 is 79.6 Å². The summed E-state index contributed by atoms with van der Waals surface area (Å²) in [5, 5.41) is 16.7. The van der Waals surface area contributed by atoms with Gasteiger partial charge in [-0.3, -0.25) is 0 Å². The summed E-state index contributed by atoms with van der Waals surface area (Å²) in [6, 6.07) is 0. The summed E-state index contributed by atoms with van der Waals surface area (Å²) in [6.45, 7) is 0. The molecule has 4 nitrogen and oxygen atoms in total. The zero-order chi connectivity index (χ0) is 3.58. The van der Waals surface area contributed by atoms with E-state index >= 15 is 0 Å². The Balaban J connectivity index is -0.0000000150. The van der Waals surface area contributed by atoms with E-state index in [2.05, 4.69) is 0 Å². The molecule has 0 heterocycles. The zero-order valence-corrected chi connectivity index (χ0v) is 8.22. The maximum atomic E-state index is 8.33. The second kappa shape index (κ2) is 15.7. The van der Waals surface area contributed by atoms with Crippen molar-refractivity contribution in [1.29, 1.82) is 0 Å². The van der Waals surface area contributed by atoms with Crippen LogP contribution in [-0.4, -0.2) is 11.6 Å². The topological polar surface area (TPSA) is 94.7 Å². The molecule has 0 aliphatic carbocycles. The SMILES string of the molecule is O.O=C([O-])[O-].[Na+].[Na+]. The van der Waals surface area contributed by atoms with Crippen molar-refractivity contribution in [3.05, 3.63) is 0 Å². The number of carbonyl (C=O) groups is 1. The minimum atomic E-state index is -2.33. The quantitative estimate of drug-likeness (QED) is 0.300. The van der Waals surface area contributed by atoms with Crippen LogP contribution in [0.25, 0.3) is 0 Å². The fourth-order valence-corrected chi connectivity index (χ4v) is 0. The molecule has 0 saturated heterocycles. The van der Waals surface area contributed by atoms with Crippen LogP contribution in [0.4, 0.5) is 4.79 Å². The van der Waals surface area contributed by atoms with Crippen LogP contribution in [0.15, 0.2) is 0 Å². The maximum Gasteiger partial charge on any atom is 1.00 e. The van der Waals surface area contributed by atoms with Gasteiger partial charge < -0.3 is 20.5 Å². The van der Waals surface area contributed by atoms with Gasteiger partial charge in [0.05, 0.1) is 0 Å². The molecule has 0 radical (unpaired) electrons. The summed E-state index contributed by atoms with van der Waals surface area (Å²) >= 11 is 0. The van der Waals surface area contributed by atoms with E-state index in [-0.39, 0.29) is 64.6 Å². The molecule has 0 aliphatic heterocycles. The van der Waals surface area contributed by atoms with Crippen molar-refractivity contribution in [3.63, 3.8) is 0 Å². The molecule has 0 atom stereocenters. The molecular formula is CH2Na2O4. The monoisotopic (exact) mass is 124 g/mol. The van der Waals surface area contributed by atoms with Gasteiger partial charge in [0, 0.05) is 0 Å². The fourth-order valence-electron chi connectivity index (χ4n) is 0. The van der Waals surface area contributed by atoms with E-state index in [1.807, 2.05) is 0 Å². The van der Waals surface area contributed by atoms with Crippen molar-refractivity contribution >= 4 is 6.16 Å². The molecule has 0 unspecified atom stereocenters. The van der Waals surface area contributed by atoms with Crippen molar-refractivity contribution in [2.45, 2.75) is 0 Å². The first-order valence-corrected chi connectivity index (χ1v) is 0.612. The third-order valence-electron chi connectivity index (χ3n) is 0. The van der Waals surface area contributed by atoms with E-state index in [4.69, 9.17) is 15.0 Å². The van der Waals surface area contributed by atoms with Crippen LogP contribution < -0.4 is 69.3 Å². The van der Waals surface area contributed by atoms with Gasteiger partial charge >= 0.3 is 59.1 Å². The normalized spacial score (nSPS) is 3.43. The molecule has 0 bridgehead atoms. The molecule has 0 aromatic heterocycles. The van der Waals surface area contributed by atoms with E-state index in [0.29, 0.717) is 0 Å². The molecule has 7 heavy (non-hydrogen) atoms. The Hall–Kier alpha value is 1.23. The summed E-state index contributed by atoms with van der Waals surface area (Å²) in [6.07, 6.45) is -2.33. The Morgan fingerprint density at radius 1 is 1.14 bits per heavy atom. The van der Waals surface area contributed by atoms with Crippen LogP contribution in [0.5, 0.6) is 0 Å². The summed E-state index contributed by atoms with van der Waals surface area (Å²) in [7, 11) is 0. The first kappa shape index (κ1) is 24.0. The second-order valence-corrected chi connectivity index (χ2v) is 0.250. The molecule has 0 saturated carbocycles. The second-order valence-electron chi connectivity index (χ2n) is 0.250. The molecular weight excluding hydrogens is 122 g/mol. The van der Waals surface area contributed by atoms with Crippen molar-refractivity contribution in [3.8, 4) is 0 Å². The molecule has 32 valence electrons. The molecule has 0 fully saturated rings. The molecule has 6 heteroatoms. The Morgan fingerprint density at radius 3 is 1.14 bits per heavy atom. The third kappa shape index (κ3) is 131. The number of carboxylic acid groups (broad SMARTS) is 2. The first-order chi connectivity index (χ1) is 1.73. The number of carbonyl (C=O) groups excluding carboxylic acids is 1. The summed E-state index contributed by atoms with van der Waals surface area (Å²) in [5.41, 5.74) is 0. The Bertz CT molecular complexity index is 32.7. The number of hydrogen-bond acceptors (Lipinski definition) is 3. The molecule has 0 aromatic carbocycles. The predicted octanol–water partition coefficient (Wildman–Crippen LogP) is -9.26. The van der Waals surface area contributed by atoms with Crippen molar-refractivity contribution in [1.82, 2.24) is 0 Å². The predicted molar refractivity (Wildman–Crippen MR) is 9.01 cm³/mol. The average molecular weight is 124 g/mol. The molecule has 0 spiro atoms. The van der Waals surface area contributed by atoms with Gasteiger partial charge in [-0.25, -0.2) is 0 Å². The summed E-state index contributed by atoms with van der Waals surface area (Å²) < 4.78 is 0. The largest absolute Gasteiger partial charge is 1.00 e. The minimum Gasteiger partial charge on any atom is -0.652 e. The Morgan fingerprint density at radius 2 is 1.14 bits per heavy atom. The van der Waals surface area contributed by atoms with Gasteiger partial charge in [0.25, 0.3) is 0 Å². The van der Waals surface area contributed by atoms with Crippen LogP contribution in [0.2, 0.25) is 0 Å². The van der Waals surface area contributed by atoms with Crippen LogP contribution in [-0.2, 0) is 0 Å². The summed E-state index contributed by atoms with van der Waals surface area (Å²) in [5.74, 6) is 0. The van der Waals surface area contributed by atoms with Gasteiger partial charge in [-0.1, -0.05) is 0 Å². The van der Waals surface area contributed by atoms with Gasteiger partial charge in [0.2, 0.25) is 0 Å². The van der Waals surface area contributed by atoms with Crippen LogP contribution in [0, 0.1) is 0 Å². The maximum absolute atomic E-state index is 8.33. The Kier molecular flexibility index (Phi) is 53.9. The Labute approximate surface area is 84.8 Å². The third-order valence-corrected chi connectivity index (χ3v) is 0. The molecule has 0 amide bonds. The standard InChI is InChI=1S/CH2O3.2Na.H2O/c2-1(3)4;;;/h(H2,2,3,4);;;1H2/q;2*+1;/p-2. The van der Waals surface area contributed by atoms with Gasteiger partial charge in [-0.05, 0) is 6.16 Å². The van der Waals surface area contributed by atoms with E-state index in [1.165, 1.54) is 0 Å². The fraction of sp³-hybridized carbons (Fsp3) is 0. The van der Waals surface area contributed by atoms with E-state index in [9.17, 15) is 0 Å². The number of hydrogen-bond donors (Lipinski definition) is 0. The van der Waals surface area contributed by atoms with Gasteiger partial charge in [-0.2, -0.15) is 0 Å². The molecule has 2 N–H and O–H groups in total. The van der Waals surface area contributed by atoms with Gasteiger partial charge in [-0.15, -0.1) is 0 Å². The smallest absolute Gasteiger partial charge is 0.652 e. The average Bonchev–Trinajstić information content (AvgIpc) is 0.811. The van der Waals surface area contributed by atoms with Crippen LogP contribution in [0.1, 0.15) is 0 Å². The number of rotatable bonds is 0. The van der Waals surface area contributed by atoms with Crippen LogP contribution >= 0.6 is 0 Å². The minimum absolute atomic E-state index is 0. The first-order valence-electron chi connectivity index (χ1n) is 0.612. The van der Waals surface area contributed by atoms with E-state index < -0.39 is 6.16 Å². The summed E-state index contributed by atoms with van der Waals surface area (Å²) in [4.78, 5) is 8.33. The van der Waals surface area contributed by atoms with Crippen molar-refractivity contribution in [2.24, 2.45) is 0 Å². The zero-order valence-electron chi connectivity index (χ0n) is 4.22. The van der Waals surface area contributed by atoms with E-state index in [1.54, 1.807) is 0 Å².